The van der Waals surface area contributed by atoms with E-state index in [0.29, 0.717) is 6.54 Å². The third-order valence-corrected chi connectivity index (χ3v) is 3.88. The minimum Gasteiger partial charge on any atom is -0.354 e. The average Bonchev–Trinajstić information content (AvgIpc) is 2.69. The molecule has 1 rings (SSSR count). The van der Waals surface area contributed by atoms with Gasteiger partial charge in [0.2, 0.25) is 15.9 Å². The van der Waals surface area contributed by atoms with Crippen molar-refractivity contribution < 1.29 is 13.2 Å². The second kappa shape index (κ2) is 6.17. The van der Waals surface area contributed by atoms with E-state index in [1.807, 2.05) is 0 Å². The molecule has 0 aromatic rings. The van der Waals surface area contributed by atoms with Crippen LogP contribution in [0.15, 0.2) is 0 Å². The van der Waals surface area contributed by atoms with Crippen molar-refractivity contribution in [2.45, 2.75) is 25.8 Å². The smallest absolute Gasteiger partial charge is 0.237 e. The quantitative estimate of drug-likeness (QED) is 0.551. The molecular weight excluding hydrogens is 230 g/mol. The highest BCUT2D eigenvalue weighted by atomic mass is 32.2. The van der Waals surface area contributed by atoms with Crippen LogP contribution >= 0.6 is 0 Å². The lowest BCUT2D eigenvalue weighted by Crippen LogP contribution is -2.43. The highest BCUT2D eigenvalue weighted by Crippen LogP contribution is 2.04. The van der Waals surface area contributed by atoms with Crippen molar-refractivity contribution in [1.29, 1.82) is 0 Å². The van der Waals surface area contributed by atoms with Gasteiger partial charge in [0.1, 0.15) is 0 Å². The van der Waals surface area contributed by atoms with Gasteiger partial charge in [-0.1, -0.05) is 6.92 Å². The number of rotatable bonds is 6. The first-order chi connectivity index (χ1) is 7.55. The fraction of sp³-hybridized carbons (Fsp3) is 0.889. The van der Waals surface area contributed by atoms with E-state index < -0.39 is 10.0 Å². The van der Waals surface area contributed by atoms with Crippen LogP contribution in [0.3, 0.4) is 0 Å². The molecule has 0 aromatic heterocycles. The molecule has 1 atom stereocenters. The number of sulfonamides is 1. The van der Waals surface area contributed by atoms with Gasteiger partial charge in [-0.05, 0) is 19.4 Å². The summed E-state index contributed by atoms with van der Waals surface area (Å²) in [4.78, 5) is 11.5. The molecule has 1 saturated heterocycles. The van der Waals surface area contributed by atoms with E-state index in [1.54, 1.807) is 6.92 Å². The second-order valence-corrected chi connectivity index (χ2v) is 5.68. The van der Waals surface area contributed by atoms with Crippen LogP contribution in [0.4, 0.5) is 0 Å². The number of amides is 1. The molecule has 7 heteroatoms. The second-order valence-electron chi connectivity index (χ2n) is 3.76. The molecule has 0 bridgehead atoms. The molecule has 0 aromatic carbocycles. The Kier molecular flexibility index (Phi) is 5.17. The Balaban J connectivity index is 2.22. The van der Waals surface area contributed by atoms with Crippen LogP contribution in [0.1, 0.15) is 19.8 Å². The van der Waals surface area contributed by atoms with Crippen LogP contribution in [0.25, 0.3) is 0 Å². The summed E-state index contributed by atoms with van der Waals surface area (Å²) in [7, 11) is -3.24. The van der Waals surface area contributed by atoms with Gasteiger partial charge in [-0.25, -0.2) is 13.1 Å². The number of carbonyl (C=O) groups excluding carboxylic acids is 1. The standard InChI is InChI=1S/C9H19N3O3S/c1-2-12-16(14,15)7-6-11-9(13)8-4-3-5-10-8/h8,10,12H,2-7H2,1H3,(H,11,13)/t8-/m1/s1. The molecule has 1 aliphatic rings. The van der Waals surface area contributed by atoms with Gasteiger partial charge in [0.05, 0.1) is 11.8 Å². The zero-order valence-electron chi connectivity index (χ0n) is 9.45. The Bertz CT molecular complexity index is 323. The molecular formula is C9H19N3O3S. The van der Waals surface area contributed by atoms with Crippen LogP contribution in [0, 0.1) is 0 Å². The van der Waals surface area contributed by atoms with E-state index in [4.69, 9.17) is 0 Å². The molecule has 0 spiro atoms. The third kappa shape index (κ3) is 4.46. The lowest BCUT2D eigenvalue weighted by atomic mass is 10.2. The highest BCUT2D eigenvalue weighted by molar-refractivity contribution is 7.89. The van der Waals surface area contributed by atoms with Gasteiger partial charge >= 0.3 is 0 Å². The van der Waals surface area contributed by atoms with Crippen LogP contribution < -0.4 is 15.4 Å². The van der Waals surface area contributed by atoms with Crippen molar-refractivity contribution in [1.82, 2.24) is 15.4 Å². The lowest BCUT2D eigenvalue weighted by Gasteiger charge is -2.11. The van der Waals surface area contributed by atoms with Gasteiger partial charge in [0.25, 0.3) is 0 Å². The molecule has 94 valence electrons. The summed E-state index contributed by atoms with van der Waals surface area (Å²) < 4.78 is 24.9. The van der Waals surface area contributed by atoms with Gasteiger partial charge in [0, 0.05) is 13.1 Å². The number of hydrogen-bond acceptors (Lipinski definition) is 4. The third-order valence-electron chi connectivity index (χ3n) is 2.41. The summed E-state index contributed by atoms with van der Waals surface area (Å²) in [5, 5.41) is 5.67. The van der Waals surface area contributed by atoms with Crippen molar-refractivity contribution in [3.63, 3.8) is 0 Å². The maximum atomic E-state index is 11.5. The molecule has 6 nitrogen and oxygen atoms in total. The van der Waals surface area contributed by atoms with Crippen molar-refractivity contribution in [3.8, 4) is 0 Å². The number of hydrogen-bond donors (Lipinski definition) is 3. The summed E-state index contributed by atoms with van der Waals surface area (Å²) in [6.07, 6.45) is 1.82. The van der Waals surface area contributed by atoms with Crippen molar-refractivity contribution in [2.75, 3.05) is 25.4 Å². The summed E-state index contributed by atoms with van der Waals surface area (Å²) in [5.74, 6) is -0.177. The first kappa shape index (κ1) is 13.4. The van der Waals surface area contributed by atoms with Crippen LogP contribution in [0.5, 0.6) is 0 Å². The molecule has 0 aliphatic carbocycles. The van der Waals surface area contributed by atoms with Crippen molar-refractivity contribution in [2.24, 2.45) is 0 Å². The maximum absolute atomic E-state index is 11.5. The fourth-order valence-electron chi connectivity index (χ4n) is 1.63. The maximum Gasteiger partial charge on any atom is 0.237 e. The van der Waals surface area contributed by atoms with E-state index in [-0.39, 0.29) is 24.2 Å². The highest BCUT2D eigenvalue weighted by Gasteiger charge is 2.21. The fourth-order valence-corrected chi connectivity index (χ4v) is 2.59. The van der Waals surface area contributed by atoms with E-state index in [9.17, 15) is 13.2 Å². The minimum absolute atomic E-state index is 0.0701. The molecule has 1 amide bonds. The van der Waals surface area contributed by atoms with Gasteiger partial charge in [-0.15, -0.1) is 0 Å². The number of nitrogens with one attached hydrogen (secondary N) is 3. The lowest BCUT2D eigenvalue weighted by molar-refractivity contribution is -0.122. The molecule has 0 radical (unpaired) electrons. The first-order valence-electron chi connectivity index (χ1n) is 5.53. The van der Waals surface area contributed by atoms with Gasteiger partial charge in [-0.2, -0.15) is 0 Å². The predicted molar refractivity (Wildman–Crippen MR) is 61.5 cm³/mol. The van der Waals surface area contributed by atoms with Crippen LogP contribution in [-0.4, -0.2) is 45.8 Å². The zero-order valence-corrected chi connectivity index (χ0v) is 10.3. The normalized spacial score (nSPS) is 20.9. The molecule has 16 heavy (non-hydrogen) atoms. The summed E-state index contributed by atoms with van der Waals surface area (Å²) >= 11 is 0. The summed E-state index contributed by atoms with van der Waals surface area (Å²) in [6, 6.07) is -0.151. The predicted octanol–water partition coefficient (Wildman–Crippen LogP) is -1.21. The zero-order chi connectivity index (χ0) is 12.0. The van der Waals surface area contributed by atoms with E-state index in [2.05, 4.69) is 15.4 Å². The first-order valence-corrected chi connectivity index (χ1v) is 7.19. The monoisotopic (exact) mass is 249 g/mol. The molecule has 0 saturated carbocycles. The Labute approximate surface area is 96.2 Å². The van der Waals surface area contributed by atoms with Crippen molar-refractivity contribution >= 4 is 15.9 Å². The number of carbonyl (C=O) groups is 1. The molecule has 0 unspecified atom stereocenters. The van der Waals surface area contributed by atoms with Gasteiger partial charge in [0.15, 0.2) is 0 Å². The summed E-state index contributed by atoms with van der Waals surface area (Å²) in [6.45, 7) is 3.11. The summed E-state index contributed by atoms with van der Waals surface area (Å²) in [5.41, 5.74) is 0. The Hall–Kier alpha value is -0.660. The Morgan fingerprint density at radius 2 is 2.25 bits per heavy atom. The van der Waals surface area contributed by atoms with E-state index in [1.165, 1.54) is 0 Å². The van der Waals surface area contributed by atoms with E-state index >= 15 is 0 Å². The minimum atomic E-state index is -3.24. The Morgan fingerprint density at radius 1 is 1.50 bits per heavy atom. The van der Waals surface area contributed by atoms with Crippen LogP contribution in [0.2, 0.25) is 0 Å². The Morgan fingerprint density at radius 3 is 2.81 bits per heavy atom. The van der Waals surface area contributed by atoms with Gasteiger partial charge in [-0.3, -0.25) is 4.79 Å². The average molecular weight is 249 g/mol. The molecule has 1 aliphatic heterocycles. The topological polar surface area (TPSA) is 87.3 Å². The SMILES string of the molecule is CCNS(=O)(=O)CCNC(=O)[C@H]1CCCN1. The van der Waals surface area contributed by atoms with Gasteiger partial charge < -0.3 is 10.6 Å². The van der Waals surface area contributed by atoms with Crippen molar-refractivity contribution in [3.05, 3.63) is 0 Å². The molecule has 1 fully saturated rings. The molecule has 3 N–H and O–H groups in total. The largest absolute Gasteiger partial charge is 0.354 e. The van der Waals surface area contributed by atoms with E-state index in [0.717, 1.165) is 19.4 Å². The molecule has 1 heterocycles. The van der Waals surface area contributed by atoms with Crippen LogP contribution in [-0.2, 0) is 14.8 Å².